The molecule has 2 aromatic heterocycles. The quantitative estimate of drug-likeness (QED) is 0.171. The molecule has 0 fully saturated rings. The van der Waals surface area contributed by atoms with Gasteiger partial charge >= 0.3 is 0 Å². The zero-order valence-electron chi connectivity index (χ0n) is 30.8. The van der Waals surface area contributed by atoms with Crippen molar-refractivity contribution >= 4 is 43.5 Å². The fourth-order valence-electron chi connectivity index (χ4n) is 8.10. The van der Waals surface area contributed by atoms with Crippen LogP contribution in [-0.4, -0.2) is 15.0 Å². The molecule has 266 valence electrons. The van der Waals surface area contributed by atoms with Crippen molar-refractivity contribution in [3.63, 3.8) is 0 Å². The van der Waals surface area contributed by atoms with Crippen molar-refractivity contribution in [1.82, 2.24) is 15.0 Å². The molecule has 0 aliphatic heterocycles. The van der Waals surface area contributed by atoms with Gasteiger partial charge in [0, 0.05) is 32.8 Å². The molecule has 0 aliphatic rings. The third-order valence-corrected chi connectivity index (χ3v) is 10.9. The van der Waals surface area contributed by atoms with E-state index in [1.54, 1.807) is 0 Å². The van der Waals surface area contributed by atoms with Crippen LogP contribution in [0, 0.1) is 0 Å². The highest BCUT2D eigenvalue weighted by molar-refractivity contribution is 6.22. The summed E-state index contributed by atoms with van der Waals surface area (Å²) in [5.74, 6) is 1.93. The second-order valence-corrected chi connectivity index (χ2v) is 14.4. The first-order valence-electron chi connectivity index (χ1n) is 19.2. The van der Waals surface area contributed by atoms with E-state index in [9.17, 15) is 0 Å². The van der Waals surface area contributed by atoms with Gasteiger partial charge < -0.3 is 4.42 Å². The Labute approximate surface area is 329 Å². The van der Waals surface area contributed by atoms with E-state index in [0.29, 0.717) is 17.5 Å². The maximum absolute atomic E-state index is 6.72. The summed E-state index contributed by atoms with van der Waals surface area (Å²) < 4.78 is 6.72. The van der Waals surface area contributed by atoms with Crippen molar-refractivity contribution in [2.24, 2.45) is 0 Å². The molecule has 0 saturated heterocycles. The molecule has 0 radical (unpaired) electrons. The van der Waals surface area contributed by atoms with Crippen molar-refractivity contribution in [2.75, 3.05) is 0 Å². The van der Waals surface area contributed by atoms with Crippen LogP contribution in [0.5, 0.6) is 0 Å². The normalized spacial score (nSPS) is 11.5. The predicted molar refractivity (Wildman–Crippen MR) is 235 cm³/mol. The van der Waals surface area contributed by atoms with Crippen LogP contribution >= 0.6 is 0 Å². The number of furan rings is 1. The monoisotopic (exact) mass is 727 g/mol. The molecular weight excluding hydrogens is 695 g/mol. The summed E-state index contributed by atoms with van der Waals surface area (Å²) in [5.41, 5.74) is 11.5. The number of nitrogens with zero attached hydrogens (tertiary/aromatic N) is 3. The number of benzene rings is 9. The predicted octanol–water partition coefficient (Wildman–Crippen LogP) is 14.1. The highest BCUT2D eigenvalue weighted by atomic mass is 16.3. The summed E-state index contributed by atoms with van der Waals surface area (Å²) in [5, 5.41) is 6.97. The van der Waals surface area contributed by atoms with Crippen molar-refractivity contribution in [2.45, 2.75) is 0 Å². The van der Waals surface area contributed by atoms with E-state index in [-0.39, 0.29) is 0 Å². The van der Waals surface area contributed by atoms with Crippen LogP contribution in [0.2, 0.25) is 0 Å². The zero-order valence-corrected chi connectivity index (χ0v) is 30.8. The molecule has 0 atom stereocenters. The van der Waals surface area contributed by atoms with E-state index in [1.807, 2.05) is 60.7 Å². The molecule has 11 rings (SSSR count). The van der Waals surface area contributed by atoms with Crippen molar-refractivity contribution in [1.29, 1.82) is 0 Å². The maximum Gasteiger partial charge on any atom is 0.164 e. The molecule has 0 saturated carbocycles. The minimum atomic E-state index is 0.636. The van der Waals surface area contributed by atoms with Gasteiger partial charge in [-0.1, -0.05) is 176 Å². The Kier molecular flexibility index (Phi) is 7.78. The molecule has 4 heteroatoms. The Balaban J connectivity index is 1.00. The van der Waals surface area contributed by atoms with Gasteiger partial charge in [-0.15, -0.1) is 0 Å². The van der Waals surface area contributed by atoms with Crippen molar-refractivity contribution in [3.05, 3.63) is 200 Å². The Morgan fingerprint density at radius 2 is 0.825 bits per heavy atom. The lowest BCUT2D eigenvalue weighted by molar-refractivity contribution is 0.673. The molecule has 9 aromatic carbocycles. The van der Waals surface area contributed by atoms with E-state index in [2.05, 4.69) is 140 Å². The van der Waals surface area contributed by atoms with Crippen LogP contribution in [0.1, 0.15) is 0 Å². The van der Waals surface area contributed by atoms with Crippen molar-refractivity contribution < 1.29 is 4.42 Å². The van der Waals surface area contributed by atoms with Gasteiger partial charge in [0.15, 0.2) is 17.5 Å². The van der Waals surface area contributed by atoms with Gasteiger partial charge in [-0.3, -0.25) is 0 Å². The molecule has 2 heterocycles. The van der Waals surface area contributed by atoms with Gasteiger partial charge in [0.05, 0.1) is 0 Å². The summed E-state index contributed by atoms with van der Waals surface area (Å²) in [4.78, 5) is 14.7. The van der Waals surface area contributed by atoms with Gasteiger partial charge in [0.1, 0.15) is 11.2 Å². The van der Waals surface area contributed by atoms with Gasteiger partial charge in [-0.05, 0) is 73.8 Å². The second kappa shape index (κ2) is 13.6. The van der Waals surface area contributed by atoms with Crippen molar-refractivity contribution in [3.8, 4) is 67.5 Å². The first-order valence-corrected chi connectivity index (χ1v) is 19.2. The number of hydrogen-bond acceptors (Lipinski definition) is 4. The van der Waals surface area contributed by atoms with Crippen LogP contribution in [0.25, 0.3) is 111 Å². The number of hydrogen-bond donors (Lipinski definition) is 0. The molecule has 0 aliphatic carbocycles. The average molecular weight is 728 g/mol. The van der Waals surface area contributed by atoms with Crippen LogP contribution in [0.3, 0.4) is 0 Å². The fraction of sp³-hybridized carbons (Fsp3) is 0. The lowest BCUT2D eigenvalue weighted by Gasteiger charge is -2.11. The first-order chi connectivity index (χ1) is 28.2. The summed E-state index contributed by atoms with van der Waals surface area (Å²) in [6, 6.07) is 70.0. The van der Waals surface area contributed by atoms with E-state index < -0.39 is 0 Å². The fourth-order valence-corrected chi connectivity index (χ4v) is 8.10. The Hall–Kier alpha value is -7.69. The van der Waals surface area contributed by atoms with E-state index in [0.717, 1.165) is 66.3 Å². The first kappa shape index (κ1) is 32.7. The summed E-state index contributed by atoms with van der Waals surface area (Å²) in [6.45, 7) is 0. The average Bonchev–Trinajstić information content (AvgIpc) is 3.68. The number of fused-ring (bicyclic) bond motifs is 6. The number of aromatic nitrogens is 3. The molecule has 0 bridgehead atoms. The molecule has 4 nitrogen and oxygen atoms in total. The third-order valence-electron chi connectivity index (χ3n) is 10.9. The zero-order chi connectivity index (χ0) is 37.7. The summed E-state index contributed by atoms with van der Waals surface area (Å²) in [7, 11) is 0. The highest BCUT2D eigenvalue weighted by Crippen LogP contribution is 2.44. The highest BCUT2D eigenvalue weighted by Gasteiger charge is 2.19. The van der Waals surface area contributed by atoms with Crippen LogP contribution in [0.15, 0.2) is 205 Å². The van der Waals surface area contributed by atoms with Gasteiger partial charge in [0.2, 0.25) is 0 Å². The van der Waals surface area contributed by atoms with Gasteiger partial charge in [0.25, 0.3) is 0 Å². The molecule has 0 N–H and O–H groups in total. The van der Waals surface area contributed by atoms with Crippen LogP contribution in [-0.2, 0) is 0 Å². The maximum atomic E-state index is 6.72. The topological polar surface area (TPSA) is 51.8 Å². The number of rotatable bonds is 6. The van der Waals surface area contributed by atoms with Gasteiger partial charge in [-0.25, -0.2) is 15.0 Å². The van der Waals surface area contributed by atoms with Gasteiger partial charge in [-0.2, -0.15) is 0 Å². The molecule has 0 amide bonds. The minimum absolute atomic E-state index is 0.636. The largest absolute Gasteiger partial charge is 0.455 e. The molecule has 11 aromatic rings. The molecular formula is C53H33N3O. The Bertz CT molecular complexity index is 3220. The Morgan fingerprint density at radius 3 is 1.54 bits per heavy atom. The summed E-state index contributed by atoms with van der Waals surface area (Å²) >= 11 is 0. The summed E-state index contributed by atoms with van der Waals surface area (Å²) in [6.07, 6.45) is 0. The molecule has 0 spiro atoms. The van der Waals surface area contributed by atoms with E-state index in [1.165, 1.54) is 27.3 Å². The van der Waals surface area contributed by atoms with E-state index in [4.69, 9.17) is 19.4 Å². The van der Waals surface area contributed by atoms with Crippen LogP contribution in [0.4, 0.5) is 0 Å². The van der Waals surface area contributed by atoms with E-state index >= 15 is 0 Å². The standard InChI is InChI=1S/C53H33N3O/c1-3-14-36(15-4-1)51-54-52(37-16-5-2-6-17-37)56-53(55-51)38-28-25-35(26-29-38)40-19-11-20-41(31-40)43-23-12-24-48-49(43)47-33-46(44-21-9-10-22-45(44)50(47)57-48)42-30-27-34-13-7-8-18-39(34)32-42/h1-33H. The smallest absolute Gasteiger partial charge is 0.164 e. The van der Waals surface area contributed by atoms with Crippen LogP contribution < -0.4 is 0 Å². The SMILES string of the molecule is c1ccc(-c2nc(-c3ccccc3)nc(-c3ccc(-c4cccc(-c5cccc6oc7c8ccccc8c(-c8ccc9ccccc9c8)cc7c56)c4)cc3)n2)cc1. The second-order valence-electron chi connectivity index (χ2n) is 14.4. The minimum Gasteiger partial charge on any atom is -0.455 e. The molecule has 57 heavy (non-hydrogen) atoms. The Morgan fingerprint density at radius 1 is 0.298 bits per heavy atom. The molecule has 0 unspecified atom stereocenters. The lowest BCUT2D eigenvalue weighted by Crippen LogP contribution is -2.00. The lowest BCUT2D eigenvalue weighted by atomic mass is 9.92. The third kappa shape index (κ3) is 5.83.